The summed E-state index contributed by atoms with van der Waals surface area (Å²) in [7, 11) is 0. The van der Waals surface area contributed by atoms with Crippen LogP contribution in [0.5, 0.6) is 0 Å². The Morgan fingerprint density at radius 2 is 2.15 bits per heavy atom. The van der Waals surface area contributed by atoms with Crippen molar-refractivity contribution in [2.75, 3.05) is 19.7 Å². The molecule has 2 N–H and O–H groups in total. The number of nitrogens with zero attached hydrogens (tertiary/aromatic N) is 1. The maximum Gasteiger partial charge on any atom is 0.317 e. The number of hydrogen-bond donors (Lipinski definition) is 2. The van der Waals surface area contributed by atoms with Gasteiger partial charge >= 0.3 is 12.0 Å². The van der Waals surface area contributed by atoms with Crippen LogP contribution < -0.4 is 5.32 Å². The summed E-state index contributed by atoms with van der Waals surface area (Å²) in [5.74, 6) is -0.889. The highest BCUT2D eigenvalue weighted by molar-refractivity contribution is 5.77. The molecule has 1 aliphatic carbocycles. The van der Waals surface area contributed by atoms with E-state index in [1.807, 2.05) is 4.90 Å². The second-order valence-electron chi connectivity index (χ2n) is 6.22. The second-order valence-corrected chi connectivity index (χ2v) is 6.22. The van der Waals surface area contributed by atoms with Gasteiger partial charge in [0.15, 0.2) is 0 Å². The fourth-order valence-electron chi connectivity index (χ4n) is 3.86. The molecule has 0 bridgehead atoms. The van der Waals surface area contributed by atoms with Gasteiger partial charge in [-0.2, -0.15) is 0 Å². The van der Waals surface area contributed by atoms with E-state index in [0.717, 1.165) is 26.0 Å². The molecule has 2 amide bonds. The molecule has 2 aliphatic heterocycles. The molecule has 0 aromatic carbocycles. The minimum Gasteiger partial charge on any atom is -0.481 e. The van der Waals surface area contributed by atoms with Gasteiger partial charge in [-0.25, -0.2) is 4.79 Å². The van der Waals surface area contributed by atoms with Crippen molar-refractivity contribution in [3.05, 3.63) is 0 Å². The molecule has 20 heavy (non-hydrogen) atoms. The van der Waals surface area contributed by atoms with Crippen molar-refractivity contribution in [2.45, 2.75) is 50.7 Å². The van der Waals surface area contributed by atoms with Gasteiger partial charge in [-0.1, -0.05) is 6.42 Å². The molecule has 3 rings (SSSR count). The van der Waals surface area contributed by atoms with Crippen LogP contribution in [0.2, 0.25) is 0 Å². The number of carboxylic acid groups (broad SMARTS) is 1. The van der Waals surface area contributed by atoms with E-state index in [1.165, 1.54) is 19.3 Å². The molecule has 0 radical (unpaired) electrons. The summed E-state index contributed by atoms with van der Waals surface area (Å²) in [6, 6.07) is 0.0628. The Balaban J connectivity index is 1.58. The third-order valence-electron chi connectivity index (χ3n) is 4.99. The quantitative estimate of drug-likeness (QED) is 0.812. The van der Waals surface area contributed by atoms with Crippen molar-refractivity contribution in [1.29, 1.82) is 0 Å². The van der Waals surface area contributed by atoms with Crippen LogP contribution in [0, 0.1) is 5.41 Å². The lowest BCUT2D eigenvalue weighted by atomic mass is 9.56. The minimum absolute atomic E-state index is 0.0324. The first-order valence-corrected chi connectivity index (χ1v) is 7.50. The van der Waals surface area contributed by atoms with Crippen LogP contribution in [0.4, 0.5) is 4.79 Å². The monoisotopic (exact) mass is 282 g/mol. The van der Waals surface area contributed by atoms with Crippen LogP contribution in [0.25, 0.3) is 0 Å². The van der Waals surface area contributed by atoms with Gasteiger partial charge in [0.25, 0.3) is 0 Å². The SMILES string of the molecule is O=C(O)CCNC(=O)N1CC2(CCC2)C1C1CCCO1. The zero-order valence-corrected chi connectivity index (χ0v) is 11.6. The van der Waals surface area contributed by atoms with Crippen molar-refractivity contribution in [3.8, 4) is 0 Å². The molecule has 6 heteroatoms. The number of carbonyl (C=O) groups is 2. The Hall–Kier alpha value is -1.30. The maximum absolute atomic E-state index is 12.2. The molecular weight excluding hydrogens is 260 g/mol. The molecule has 112 valence electrons. The molecule has 6 nitrogen and oxygen atoms in total. The van der Waals surface area contributed by atoms with Gasteiger partial charge in [-0.3, -0.25) is 4.79 Å². The van der Waals surface area contributed by atoms with Gasteiger partial charge < -0.3 is 20.1 Å². The van der Waals surface area contributed by atoms with Gasteiger partial charge in [-0.05, 0) is 25.7 Å². The maximum atomic E-state index is 12.2. The van der Waals surface area contributed by atoms with E-state index in [2.05, 4.69) is 5.32 Å². The summed E-state index contributed by atoms with van der Waals surface area (Å²) in [5, 5.41) is 11.3. The van der Waals surface area contributed by atoms with Crippen molar-refractivity contribution < 1.29 is 19.4 Å². The van der Waals surface area contributed by atoms with E-state index in [1.54, 1.807) is 0 Å². The summed E-state index contributed by atoms with van der Waals surface area (Å²) in [6.07, 6.45) is 5.88. The van der Waals surface area contributed by atoms with Crippen LogP contribution in [0.15, 0.2) is 0 Å². The van der Waals surface area contributed by atoms with Crippen molar-refractivity contribution in [2.24, 2.45) is 5.41 Å². The highest BCUT2D eigenvalue weighted by Crippen LogP contribution is 2.55. The molecular formula is C14H22N2O4. The summed E-state index contributed by atoms with van der Waals surface area (Å²) < 4.78 is 5.80. The zero-order valence-electron chi connectivity index (χ0n) is 11.6. The van der Waals surface area contributed by atoms with Gasteiger partial charge in [0.05, 0.1) is 18.6 Å². The van der Waals surface area contributed by atoms with Crippen molar-refractivity contribution in [1.82, 2.24) is 10.2 Å². The third-order valence-corrected chi connectivity index (χ3v) is 4.99. The first kappa shape index (κ1) is 13.7. The van der Waals surface area contributed by atoms with E-state index in [-0.39, 0.29) is 31.1 Å². The normalized spacial score (nSPS) is 30.7. The lowest BCUT2D eigenvalue weighted by Crippen LogP contribution is -2.73. The van der Waals surface area contributed by atoms with Crippen LogP contribution in [-0.2, 0) is 9.53 Å². The Morgan fingerprint density at radius 3 is 2.70 bits per heavy atom. The number of likely N-dealkylation sites (tertiary alicyclic amines) is 1. The predicted octanol–water partition coefficient (Wildman–Crippen LogP) is 1.20. The van der Waals surface area contributed by atoms with E-state index >= 15 is 0 Å². The number of ether oxygens (including phenoxy) is 1. The molecule has 0 aromatic rings. The Morgan fingerprint density at radius 1 is 1.35 bits per heavy atom. The van der Waals surface area contributed by atoms with Crippen molar-refractivity contribution >= 4 is 12.0 Å². The highest BCUT2D eigenvalue weighted by atomic mass is 16.5. The lowest BCUT2D eigenvalue weighted by Gasteiger charge is -2.63. The largest absolute Gasteiger partial charge is 0.481 e. The number of amides is 2. The van der Waals surface area contributed by atoms with E-state index in [0.29, 0.717) is 5.41 Å². The average Bonchev–Trinajstić information content (AvgIpc) is 2.78. The summed E-state index contributed by atoms with van der Waals surface area (Å²) in [4.78, 5) is 24.5. The molecule has 3 fully saturated rings. The number of nitrogens with one attached hydrogen (secondary N) is 1. The average molecular weight is 282 g/mol. The van der Waals surface area contributed by atoms with E-state index < -0.39 is 5.97 Å². The topological polar surface area (TPSA) is 78.9 Å². The van der Waals surface area contributed by atoms with Crippen LogP contribution in [0.1, 0.15) is 38.5 Å². The van der Waals surface area contributed by atoms with Crippen LogP contribution in [-0.4, -0.2) is 53.8 Å². The predicted molar refractivity (Wildman–Crippen MR) is 71.4 cm³/mol. The lowest BCUT2D eigenvalue weighted by molar-refractivity contribution is -0.148. The number of hydrogen-bond acceptors (Lipinski definition) is 3. The van der Waals surface area contributed by atoms with Gasteiger partial charge in [-0.15, -0.1) is 0 Å². The molecule has 2 heterocycles. The first-order valence-electron chi connectivity index (χ1n) is 7.50. The number of aliphatic carboxylic acids is 1. The molecule has 1 saturated carbocycles. The highest BCUT2D eigenvalue weighted by Gasteiger charge is 2.60. The fourth-order valence-corrected chi connectivity index (χ4v) is 3.86. The first-order chi connectivity index (χ1) is 9.62. The summed E-state index contributed by atoms with van der Waals surface area (Å²) in [6.45, 7) is 1.79. The molecule has 1 spiro atoms. The molecule has 2 atom stereocenters. The number of urea groups is 1. The summed E-state index contributed by atoms with van der Waals surface area (Å²) in [5.41, 5.74) is 0.291. The molecule has 3 aliphatic rings. The standard InChI is InChI=1S/C14H22N2O4/c17-11(18)4-7-15-13(19)16-9-14(5-2-6-14)12(16)10-3-1-8-20-10/h10,12H,1-9H2,(H,15,19)(H,17,18). The number of carbonyl (C=O) groups excluding carboxylic acids is 1. The molecule has 2 saturated heterocycles. The Bertz CT molecular complexity index is 402. The van der Waals surface area contributed by atoms with Crippen LogP contribution in [0.3, 0.4) is 0 Å². The smallest absolute Gasteiger partial charge is 0.317 e. The Labute approximate surface area is 118 Å². The van der Waals surface area contributed by atoms with Crippen molar-refractivity contribution in [3.63, 3.8) is 0 Å². The van der Waals surface area contributed by atoms with Crippen LogP contribution >= 0.6 is 0 Å². The second kappa shape index (κ2) is 5.24. The van der Waals surface area contributed by atoms with Gasteiger partial charge in [0.2, 0.25) is 0 Å². The Kier molecular flexibility index (Phi) is 3.58. The number of carboxylic acids is 1. The van der Waals surface area contributed by atoms with E-state index in [9.17, 15) is 9.59 Å². The molecule has 2 unspecified atom stereocenters. The van der Waals surface area contributed by atoms with E-state index in [4.69, 9.17) is 9.84 Å². The zero-order chi connectivity index (χ0) is 14.2. The minimum atomic E-state index is -0.889. The summed E-state index contributed by atoms with van der Waals surface area (Å²) >= 11 is 0. The third kappa shape index (κ3) is 2.26. The van der Waals surface area contributed by atoms with Gasteiger partial charge in [0.1, 0.15) is 0 Å². The number of rotatable bonds is 4. The fraction of sp³-hybridized carbons (Fsp3) is 0.857. The van der Waals surface area contributed by atoms with Gasteiger partial charge in [0, 0.05) is 25.1 Å². The molecule has 0 aromatic heterocycles.